The van der Waals surface area contributed by atoms with Gasteiger partial charge < -0.3 is 4.42 Å². The predicted molar refractivity (Wildman–Crippen MR) is 71.2 cm³/mol. The van der Waals surface area contributed by atoms with Gasteiger partial charge in [-0.1, -0.05) is 20.8 Å². The molecule has 16 heavy (non-hydrogen) atoms. The van der Waals surface area contributed by atoms with Crippen molar-refractivity contribution in [2.75, 3.05) is 0 Å². The molecule has 0 radical (unpaired) electrons. The lowest BCUT2D eigenvalue weighted by atomic mass is 9.91. The molecule has 0 aliphatic heterocycles. The Bertz CT molecular complexity index is 466. The van der Waals surface area contributed by atoms with Gasteiger partial charge in [-0.05, 0) is 12.1 Å². The SMILES string of the molecule is CC(C)(C)c1nc(-c2ccco2)sc1CS. The van der Waals surface area contributed by atoms with Gasteiger partial charge in [-0.15, -0.1) is 11.3 Å². The van der Waals surface area contributed by atoms with E-state index in [-0.39, 0.29) is 5.41 Å². The molecule has 0 N–H and O–H groups in total. The zero-order valence-electron chi connectivity index (χ0n) is 9.65. The quantitative estimate of drug-likeness (QED) is 0.814. The van der Waals surface area contributed by atoms with Gasteiger partial charge in [-0.25, -0.2) is 4.98 Å². The van der Waals surface area contributed by atoms with Crippen molar-refractivity contribution in [1.82, 2.24) is 4.98 Å². The third-order valence-electron chi connectivity index (χ3n) is 2.28. The van der Waals surface area contributed by atoms with Crippen molar-refractivity contribution in [3.63, 3.8) is 0 Å². The molecule has 2 rings (SSSR count). The maximum Gasteiger partial charge on any atom is 0.162 e. The minimum Gasteiger partial charge on any atom is -0.462 e. The molecule has 0 bridgehead atoms. The normalized spacial score (nSPS) is 12.0. The van der Waals surface area contributed by atoms with E-state index in [2.05, 4.69) is 38.4 Å². The first-order valence-corrected chi connectivity index (χ1v) is 6.62. The first-order valence-electron chi connectivity index (χ1n) is 5.17. The van der Waals surface area contributed by atoms with Crippen LogP contribution in [0.1, 0.15) is 31.3 Å². The lowest BCUT2D eigenvalue weighted by molar-refractivity contribution is 0.563. The highest BCUT2D eigenvalue weighted by atomic mass is 32.1. The Kier molecular flexibility index (Phi) is 3.13. The molecule has 0 aliphatic carbocycles. The molecule has 0 atom stereocenters. The van der Waals surface area contributed by atoms with Crippen LogP contribution in [0.2, 0.25) is 0 Å². The van der Waals surface area contributed by atoms with Crippen LogP contribution in [0.4, 0.5) is 0 Å². The predicted octanol–water partition coefficient (Wildman–Crippen LogP) is 4.13. The first kappa shape index (κ1) is 11.7. The highest BCUT2D eigenvalue weighted by Crippen LogP contribution is 2.35. The van der Waals surface area contributed by atoms with Gasteiger partial charge >= 0.3 is 0 Å². The maximum absolute atomic E-state index is 5.37. The molecule has 86 valence electrons. The standard InChI is InChI=1S/C12H15NOS2/c1-12(2,3)10-9(7-15)16-11(13-10)8-5-4-6-14-8/h4-6,15H,7H2,1-3H3. The van der Waals surface area contributed by atoms with Gasteiger partial charge in [-0.3, -0.25) is 0 Å². The molecule has 0 aromatic carbocycles. The Morgan fingerprint density at radius 3 is 2.62 bits per heavy atom. The van der Waals surface area contributed by atoms with Crippen LogP contribution in [0, 0.1) is 0 Å². The fourth-order valence-electron chi connectivity index (χ4n) is 1.55. The largest absolute Gasteiger partial charge is 0.462 e. The third kappa shape index (κ3) is 2.18. The molecule has 4 heteroatoms. The van der Waals surface area contributed by atoms with E-state index in [4.69, 9.17) is 4.42 Å². The average Bonchev–Trinajstić information content (AvgIpc) is 2.85. The number of hydrogen-bond acceptors (Lipinski definition) is 4. The minimum atomic E-state index is 0.0550. The first-order chi connectivity index (χ1) is 7.52. The topological polar surface area (TPSA) is 26.0 Å². The summed E-state index contributed by atoms with van der Waals surface area (Å²) in [5, 5.41) is 0.943. The van der Waals surface area contributed by atoms with Gasteiger partial charge in [0, 0.05) is 16.0 Å². The molecule has 0 saturated carbocycles. The molecular formula is C12H15NOS2. The molecule has 0 unspecified atom stereocenters. The van der Waals surface area contributed by atoms with Crippen molar-refractivity contribution >= 4 is 24.0 Å². The lowest BCUT2D eigenvalue weighted by Crippen LogP contribution is -2.13. The van der Waals surface area contributed by atoms with Gasteiger partial charge in [0.05, 0.1) is 12.0 Å². The van der Waals surface area contributed by atoms with E-state index in [0.29, 0.717) is 0 Å². The summed E-state index contributed by atoms with van der Waals surface area (Å²) in [6.45, 7) is 6.50. The molecular weight excluding hydrogens is 238 g/mol. The van der Waals surface area contributed by atoms with Crippen LogP contribution in [-0.2, 0) is 11.2 Å². The zero-order valence-corrected chi connectivity index (χ0v) is 11.4. The van der Waals surface area contributed by atoms with Crippen molar-refractivity contribution in [3.8, 4) is 10.8 Å². The smallest absolute Gasteiger partial charge is 0.162 e. The summed E-state index contributed by atoms with van der Waals surface area (Å²) in [5.74, 6) is 1.56. The number of aromatic nitrogens is 1. The van der Waals surface area contributed by atoms with E-state index in [1.165, 1.54) is 4.88 Å². The van der Waals surface area contributed by atoms with Gasteiger partial charge in [0.2, 0.25) is 0 Å². The fourth-order valence-corrected chi connectivity index (χ4v) is 2.99. The van der Waals surface area contributed by atoms with Crippen molar-refractivity contribution < 1.29 is 4.42 Å². The van der Waals surface area contributed by atoms with Crippen LogP contribution in [0.25, 0.3) is 10.8 Å². The highest BCUT2D eigenvalue weighted by molar-refractivity contribution is 7.79. The van der Waals surface area contributed by atoms with Crippen LogP contribution in [-0.4, -0.2) is 4.98 Å². The number of hydrogen-bond donors (Lipinski definition) is 1. The minimum absolute atomic E-state index is 0.0550. The van der Waals surface area contributed by atoms with Crippen LogP contribution in [0.5, 0.6) is 0 Å². The highest BCUT2D eigenvalue weighted by Gasteiger charge is 2.23. The second-order valence-electron chi connectivity index (χ2n) is 4.68. The van der Waals surface area contributed by atoms with Crippen molar-refractivity contribution in [2.45, 2.75) is 31.9 Å². The van der Waals surface area contributed by atoms with Gasteiger partial charge in [0.15, 0.2) is 10.8 Å². The Morgan fingerprint density at radius 2 is 2.19 bits per heavy atom. The van der Waals surface area contributed by atoms with E-state index in [9.17, 15) is 0 Å². The zero-order chi connectivity index (χ0) is 11.8. The Labute approximate surface area is 105 Å². The van der Waals surface area contributed by atoms with Crippen molar-refractivity contribution in [3.05, 3.63) is 29.0 Å². The van der Waals surface area contributed by atoms with Crippen LogP contribution >= 0.6 is 24.0 Å². The molecule has 2 aromatic heterocycles. The molecule has 0 fully saturated rings. The number of nitrogens with zero attached hydrogens (tertiary/aromatic N) is 1. The van der Waals surface area contributed by atoms with E-state index >= 15 is 0 Å². The number of thiazole rings is 1. The molecule has 2 heterocycles. The lowest BCUT2D eigenvalue weighted by Gasteiger charge is -2.16. The molecule has 0 amide bonds. The second kappa shape index (κ2) is 4.26. The summed E-state index contributed by atoms with van der Waals surface area (Å²) < 4.78 is 5.37. The summed E-state index contributed by atoms with van der Waals surface area (Å²) in [4.78, 5) is 5.89. The summed E-state index contributed by atoms with van der Waals surface area (Å²) in [6.07, 6.45) is 1.67. The van der Waals surface area contributed by atoms with Gasteiger partial charge in [0.25, 0.3) is 0 Å². The van der Waals surface area contributed by atoms with E-state index in [1.807, 2.05) is 12.1 Å². The molecule has 0 saturated heterocycles. The van der Waals surface area contributed by atoms with Gasteiger partial charge in [-0.2, -0.15) is 12.6 Å². The van der Waals surface area contributed by atoms with Crippen molar-refractivity contribution in [2.24, 2.45) is 0 Å². The van der Waals surface area contributed by atoms with E-state index in [0.717, 1.165) is 22.2 Å². The summed E-state index contributed by atoms with van der Waals surface area (Å²) in [6, 6.07) is 3.82. The Hall–Kier alpha value is -0.740. The van der Waals surface area contributed by atoms with E-state index in [1.54, 1.807) is 17.6 Å². The molecule has 0 aliphatic rings. The second-order valence-corrected chi connectivity index (χ2v) is 6.08. The Morgan fingerprint density at radius 1 is 1.44 bits per heavy atom. The number of rotatable bonds is 2. The summed E-state index contributed by atoms with van der Waals surface area (Å²) in [7, 11) is 0. The molecule has 2 aromatic rings. The average molecular weight is 253 g/mol. The monoisotopic (exact) mass is 253 g/mol. The molecule has 2 nitrogen and oxygen atoms in total. The summed E-state index contributed by atoms with van der Waals surface area (Å²) >= 11 is 6.03. The van der Waals surface area contributed by atoms with Gasteiger partial charge in [0.1, 0.15) is 0 Å². The summed E-state index contributed by atoms with van der Waals surface area (Å²) in [5.41, 5.74) is 1.18. The maximum atomic E-state index is 5.37. The third-order valence-corrected chi connectivity index (χ3v) is 3.88. The van der Waals surface area contributed by atoms with E-state index < -0.39 is 0 Å². The number of furan rings is 1. The number of thiol groups is 1. The van der Waals surface area contributed by atoms with Crippen LogP contribution in [0.15, 0.2) is 22.8 Å². The van der Waals surface area contributed by atoms with Crippen molar-refractivity contribution in [1.29, 1.82) is 0 Å². The van der Waals surface area contributed by atoms with Crippen LogP contribution in [0.3, 0.4) is 0 Å². The molecule has 0 spiro atoms. The fraction of sp³-hybridized carbons (Fsp3) is 0.417. The Balaban J connectivity index is 2.48. The van der Waals surface area contributed by atoms with Crippen LogP contribution < -0.4 is 0 Å².